The Morgan fingerprint density at radius 3 is 1.53 bits per heavy atom. The van der Waals surface area contributed by atoms with Crippen LogP contribution in [0.4, 0.5) is 0 Å². The highest BCUT2D eigenvalue weighted by Crippen LogP contribution is 2.32. The Labute approximate surface area is 122 Å². The second-order valence-electron chi connectivity index (χ2n) is 5.66. The summed E-state index contributed by atoms with van der Waals surface area (Å²) in [6.07, 6.45) is 10.9. The zero-order chi connectivity index (χ0) is 12.1. The minimum absolute atomic E-state index is 0.697. The first-order chi connectivity index (χ1) is 8.27. The molecule has 0 bridgehead atoms. The highest BCUT2D eigenvalue weighted by Gasteiger charge is 2.25. The molecule has 0 saturated heterocycles. The third-order valence-electron chi connectivity index (χ3n) is 4.30. The molecule has 1 nitrogen and oxygen atoms in total. The van der Waals surface area contributed by atoms with Crippen LogP contribution in [0.15, 0.2) is 0 Å². The summed E-state index contributed by atoms with van der Waals surface area (Å²) in [6, 6.07) is 0. The van der Waals surface area contributed by atoms with E-state index in [0.29, 0.717) is 9.65 Å². The average molecular weight is 368 g/mol. The molecule has 2 fully saturated rings. The van der Waals surface area contributed by atoms with E-state index in [2.05, 4.69) is 31.9 Å². The number of hydrogen-bond donors (Lipinski definition) is 0. The molecule has 0 amide bonds. The lowest BCUT2D eigenvalue weighted by atomic mass is 9.89. The molecular weight excluding hydrogens is 344 g/mol. The Kier molecular flexibility index (Phi) is 6.32. The normalized spacial score (nSPS) is 39.2. The first kappa shape index (κ1) is 14.3. The molecule has 17 heavy (non-hydrogen) atoms. The molecule has 0 aromatic rings. The van der Waals surface area contributed by atoms with Crippen LogP contribution in [0.1, 0.15) is 51.4 Å². The fraction of sp³-hybridized carbons (Fsp3) is 1.00. The summed E-state index contributed by atoms with van der Waals surface area (Å²) in [5, 5.41) is 0. The molecule has 0 aromatic heterocycles. The van der Waals surface area contributed by atoms with Crippen molar-refractivity contribution in [3.05, 3.63) is 0 Å². The second kappa shape index (κ2) is 7.49. The van der Waals surface area contributed by atoms with Crippen LogP contribution < -0.4 is 0 Å². The summed E-state index contributed by atoms with van der Waals surface area (Å²) >= 11 is 7.61. The van der Waals surface area contributed by atoms with E-state index < -0.39 is 0 Å². The van der Waals surface area contributed by atoms with Crippen molar-refractivity contribution in [1.82, 2.24) is 0 Å². The van der Waals surface area contributed by atoms with E-state index in [1.165, 1.54) is 51.4 Å². The maximum Gasteiger partial charge on any atom is 0.0505 e. The van der Waals surface area contributed by atoms with Crippen LogP contribution in [-0.2, 0) is 4.74 Å². The quantitative estimate of drug-likeness (QED) is 0.641. The van der Waals surface area contributed by atoms with Gasteiger partial charge in [-0.2, -0.15) is 0 Å². The van der Waals surface area contributed by atoms with Crippen molar-refractivity contribution in [2.24, 2.45) is 11.8 Å². The highest BCUT2D eigenvalue weighted by molar-refractivity contribution is 9.09. The molecule has 2 rings (SSSR count). The van der Waals surface area contributed by atoms with Crippen molar-refractivity contribution >= 4 is 31.9 Å². The summed E-state index contributed by atoms with van der Waals surface area (Å²) < 4.78 is 5.99. The largest absolute Gasteiger partial charge is 0.381 e. The average Bonchev–Trinajstić information content (AvgIpc) is 2.34. The predicted octanol–water partition coefficient (Wildman–Crippen LogP) is 4.91. The highest BCUT2D eigenvalue weighted by atomic mass is 79.9. The lowest BCUT2D eigenvalue weighted by Gasteiger charge is -2.30. The Morgan fingerprint density at radius 1 is 0.706 bits per heavy atom. The van der Waals surface area contributed by atoms with E-state index in [-0.39, 0.29) is 0 Å². The van der Waals surface area contributed by atoms with Gasteiger partial charge in [0.05, 0.1) is 13.2 Å². The SMILES string of the molecule is BrC1CCCCC1COCC1CCCCC1Br. The summed E-state index contributed by atoms with van der Waals surface area (Å²) in [6.45, 7) is 1.93. The number of rotatable bonds is 4. The summed E-state index contributed by atoms with van der Waals surface area (Å²) in [5.41, 5.74) is 0. The van der Waals surface area contributed by atoms with Crippen molar-refractivity contribution in [2.45, 2.75) is 61.0 Å². The monoisotopic (exact) mass is 366 g/mol. The third-order valence-corrected chi connectivity index (χ3v) is 6.71. The van der Waals surface area contributed by atoms with Crippen molar-refractivity contribution < 1.29 is 4.74 Å². The third kappa shape index (κ3) is 4.50. The van der Waals surface area contributed by atoms with Gasteiger partial charge in [0, 0.05) is 9.65 Å². The fourth-order valence-electron chi connectivity index (χ4n) is 3.07. The molecule has 0 aromatic carbocycles. The van der Waals surface area contributed by atoms with Crippen LogP contribution in [-0.4, -0.2) is 22.9 Å². The summed E-state index contributed by atoms with van der Waals surface area (Å²) in [5.74, 6) is 1.50. The molecular formula is C14H24Br2O. The maximum atomic E-state index is 5.99. The van der Waals surface area contributed by atoms with Gasteiger partial charge < -0.3 is 4.74 Å². The topological polar surface area (TPSA) is 9.23 Å². The van der Waals surface area contributed by atoms with Gasteiger partial charge in [0.25, 0.3) is 0 Å². The van der Waals surface area contributed by atoms with Crippen LogP contribution in [0, 0.1) is 11.8 Å². The predicted molar refractivity (Wildman–Crippen MR) is 80.2 cm³/mol. The van der Waals surface area contributed by atoms with Gasteiger partial charge in [-0.3, -0.25) is 0 Å². The van der Waals surface area contributed by atoms with Crippen molar-refractivity contribution in [3.63, 3.8) is 0 Å². The number of hydrogen-bond acceptors (Lipinski definition) is 1. The standard InChI is InChI=1S/C14H24Br2O/c15-13-7-3-1-5-11(13)9-17-10-12-6-2-4-8-14(12)16/h11-14H,1-10H2. The molecule has 2 saturated carbocycles. The van der Waals surface area contributed by atoms with Gasteiger partial charge in [0.2, 0.25) is 0 Å². The summed E-state index contributed by atoms with van der Waals surface area (Å²) in [4.78, 5) is 1.39. The Balaban J connectivity index is 1.64. The zero-order valence-corrected chi connectivity index (χ0v) is 13.7. The lowest BCUT2D eigenvalue weighted by molar-refractivity contribution is 0.0556. The lowest BCUT2D eigenvalue weighted by Crippen LogP contribution is -2.28. The fourth-order valence-corrected chi connectivity index (χ4v) is 4.55. The minimum atomic E-state index is 0.697. The van der Waals surface area contributed by atoms with E-state index in [4.69, 9.17) is 4.74 Å². The Bertz CT molecular complexity index is 200. The molecule has 4 unspecified atom stereocenters. The van der Waals surface area contributed by atoms with Crippen LogP contribution in [0.2, 0.25) is 0 Å². The summed E-state index contributed by atoms with van der Waals surface area (Å²) in [7, 11) is 0. The molecule has 3 heteroatoms. The maximum absolute atomic E-state index is 5.99. The van der Waals surface area contributed by atoms with E-state index in [0.717, 1.165) is 25.0 Å². The Morgan fingerprint density at radius 2 is 1.12 bits per heavy atom. The van der Waals surface area contributed by atoms with Crippen LogP contribution >= 0.6 is 31.9 Å². The molecule has 0 N–H and O–H groups in total. The number of alkyl halides is 2. The number of halogens is 2. The molecule has 0 aliphatic heterocycles. The first-order valence-electron chi connectivity index (χ1n) is 7.13. The smallest absolute Gasteiger partial charge is 0.0505 e. The molecule has 2 aliphatic carbocycles. The second-order valence-corrected chi connectivity index (χ2v) is 8.01. The molecule has 0 heterocycles. The minimum Gasteiger partial charge on any atom is -0.381 e. The van der Waals surface area contributed by atoms with Gasteiger partial charge in [-0.1, -0.05) is 57.5 Å². The van der Waals surface area contributed by atoms with Gasteiger partial charge >= 0.3 is 0 Å². The van der Waals surface area contributed by atoms with Gasteiger partial charge in [-0.15, -0.1) is 0 Å². The van der Waals surface area contributed by atoms with Gasteiger partial charge in [-0.05, 0) is 37.5 Å². The van der Waals surface area contributed by atoms with Gasteiger partial charge in [-0.25, -0.2) is 0 Å². The number of ether oxygens (including phenoxy) is 1. The zero-order valence-electron chi connectivity index (χ0n) is 10.5. The van der Waals surface area contributed by atoms with Crippen LogP contribution in [0.3, 0.4) is 0 Å². The van der Waals surface area contributed by atoms with E-state index in [9.17, 15) is 0 Å². The van der Waals surface area contributed by atoms with E-state index in [1.54, 1.807) is 0 Å². The molecule has 100 valence electrons. The van der Waals surface area contributed by atoms with Crippen LogP contribution in [0.25, 0.3) is 0 Å². The first-order valence-corrected chi connectivity index (χ1v) is 8.96. The van der Waals surface area contributed by atoms with Gasteiger partial charge in [0.1, 0.15) is 0 Å². The van der Waals surface area contributed by atoms with Crippen molar-refractivity contribution in [2.75, 3.05) is 13.2 Å². The molecule has 0 spiro atoms. The molecule has 4 atom stereocenters. The molecule has 2 aliphatic rings. The van der Waals surface area contributed by atoms with Crippen LogP contribution in [0.5, 0.6) is 0 Å². The Hall–Kier alpha value is 0.920. The van der Waals surface area contributed by atoms with Crippen molar-refractivity contribution in [3.8, 4) is 0 Å². The van der Waals surface area contributed by atoms with E-state index in [1.807, 2.05) is 0 Å². The van der Waals surface area contributed by atoms with Gasteiger partial charge in [0.15, 0.2) is 0 Å². The van der Waals surface area contributed by atoms with Crippen molar-refractivity contribution in [1.29, 1.82) is 0 Å². The molecule has 0 radical (unpaired) electrons. The van der Waals surface area contributed by atoms with E-state index >= 15 is 0 Å².